The fourth-order valence-electron chi connectivity index (χ4n) is 2.48. The van der Waals surface area contributed by atoms with Crippen LogP contribution in [0.5, 0.6) is 0 Å². The average Bonchev–Trinajstić information content (AvgIpc) is 2.89. The van der Waals surface area contributed by atoms with E-state index < -0.39 is 43.3 Å². The number of aliphatic hydroxyl groups is 3. The Morgan fingerprint density at radius 2 is 2.05 bits per heavy atom. The molecule has 8 N–H and O–H groups in total. The number of aromatic nitrogens is 2. The minimum atomic E-state index is -1.27. The molecular formula is C10H15BrN5O5+. The molecule has 0 bridgehead atoms. The minimum absolute atomic E-state index is 0.210. The quantitative estimate of drug-likeness (QED) is 0.277. The lowest BCUT2D eigenvalue weighted by molar-refractivity contribution is -0.762. The molecule has 3 rings (SSSR count). The summed E-state index contributed by atoms with van der Waals surface area (Å²) in [7, 11) is 0. The van der Waals surface area contributed by atoms with Crippen LogP contribution in [0.3, 0.4) is 0 Å². The number of rotatable bonds is 2. The number of imidazole rings is 1. The van der Waals surface area contributed by atoms with Gasteiger partial charge in [-0.25, -0.2) is 0 Å². The van der Waals surface area contributed by atoms with E-state index in [4.69, 9.17) is 15.6 Å². The van der Waals surface area contributed by atoms with Crippen molar-refractivity contribution < 1.29 is 29.4 Å². The number of nitrogens with one attached hydrogen (secondary N) is 3. The Kier molecular flexibility index (Phi) is 3.63. The Morgan fingerprint density at radius 1 is 1.33 bits per heavy atom. The van der Waals surface area contributed by atoms with Crippen LogP contribution in [0.15, 0.2) is 4.73 Å². The van der Waals surface area contributed by atoms with Gasteiger partial charge in [0.05, 0.1) is 6.61 Å². The van der Waals surface area contributed by atoms with E-state index in [0.29, 0.717) is 10.6 Å². The van der Waals surface area contributed by atoms with Crippen LogP contribution in [0.25, 0.3) is 0 Å². The van der Waals surface area contributed by atoms with Crippen molar-refractivity contribution in [1.29, 1.82) is 0 Å². The van der Waals surface area contributed by atoms with Gasteiger partial charge in [-0.15, -0.1) is 0 Å². The van der Waals surface area contributed by atoms with Gasteiger partial charge < -0.3 is 25.4 Å². The monoisotopic (exact) mass is 364 g/mol. The number of carbonyl (C=O) groups is 1. The molecule has 116 valence electrons. The summed E-state index contributed by atoms with van der Waals surface area (Å²) < 4.78 is 7.22. The first-order valence-corrected chi connectivity index (χ1v) is 7.01. The van der Waals surface area contributed by atoms with Gasteiger partial charge >= 0.3 is 0 Å². The second-order valence-electron chi connectivity index (χ2n) is 4.83. The molecule has 5 atom stereocenters. The number of hydrogen-bond donors (Lipinski definition) is 7. The molecule has 1 saturated heterocycles. The summed E-state index contributed by atoms with van der Waals surface area (Å²) in [5.74, 6) is -0.101. The molecule has 1 aromatic heterocycles. The highest BCUT2D eigenvalue weighted by Gasteiger charge is 2.49. The Morgan fingerprint density at radius 3 is 2.67 bits per heavy atom. The predicted octanol–water partition coefficient (Wildman–Crippen LogP) is -2.93. The van der Waals surface area contributed by atoms with E-state index in [1.54, 1.807) is 0 Å². The van der Waals surface area contributed by atoms with Crippen molar-refractivity contribution in [1.82, 2.24) is 10.3 Å². The third-order valence-corrected chi connectivity index (χ3v) is 4.08. The van der Waals surface area contributed by atoms with Gasteiger partial charge in [-0.05, 0) is 0 Å². The average molecular weight is 365 g/mol. The molecule has 0 aliphatic carbocycles. The molecule has 1 amide bonds. The SMILES string of the molecule is N[C@@H]1NC(=O)c2[nH]c(Br)[n+]([C@@H]3O[C@@H](CO)[C@H](O)[C@@H]3O)c2N1. The largest absolute Gasteiger partial charge is 0.394 e. The highest BCUT2D eigenvalue weighted by atomic mass is 79.9. The second kappa shape index (κ2) is 5.19. The molecule has 0 spiro atoms. The number of hydrogen-bond acceptors (Lipinski definition) is 7. The van der Waals surface area contributed by atoms with Crippen LogP contribution in [-0.4, -0.2) is 57.4 Å². The molecule has 2 aliphatic heterocycles. The summed E-state index contributed by atoms with van der Waals surface area (Å²) >= 11 is 3.24. The molecule has 0 saturated carbocycles. The van der Waals surface area contributed by atoms with E-state index in [9.17, 15) is 15.0 Å². The lowest BCUT2D eigenvalue weighted by Crippen LogP contribution is -2.56. The van der Waals surface area contributed by atoms with E-state index in [1.807, 2.05) is 0 Å². The minimum Gasteiger partial charge on any atom is -0.394 e. The van der Waals surface area contributed by atoms with Gasteiger partial charge in [-0.3, -0.25) is 20.8 Å². The van der Waals surface area contributed by atoms with Crippen molar-refractivity contribution in [3.8, 4) is 0 Å². The van der Waals surface area contributed by atoms with E-state index in [-0.39, 0.29) is 5.69 Å². The van der Waals surface area contributed by atoms with Crippen LogP contribution in [0.4, 0.5) is 5.82 Å². The van der Waals surface area contributed by atoms with Gasteiger partial charge in [-0.1, -0.05) is 0 Å². The van der Waals surface area contributed by atoms with Crippen molar-refractivity contribution in [3.05, 3.63) is 10.4 Å². The summed E-state index contributed by atoms with van der Waals surface area (Å²) in [6.07, 6.45) is -5.21. The molecule has 1 fully saturated rings. The third-order valence-electron chi connectivity index (χ3n) is 3.49. The fourth-order valence-corrected chi connectivity index (χ4v) is 3.05. The Hall–Kier alpha value is -1.24. The first kappa shape index (κ1) is 14.7. The molecule has 0 aromatic carbocycles. The van der Waals surface area contributed by atoms with E-state index >= 15 is 0 Å². The summed E-state index contributed by atoms with van der Waals surface area (Å²) in [4.78, 5) is 14.6. The van der Waals surface area contributed by atoms with Crippen molar-refractivity contribution in [2.75, 3.05) is 11.9 Å². The normalized spacial score (nSPS) is 35.3. The number of anilines is 1. The number of H-pyrrole nitrogens is 1. The van der Waals surface area contributed by atoms with Crippen molar-refractivity contribution in [2.45, 2.75) is 30.8 Å². The molecular weight excluding hydrogens is 350 g/mol. The number of carbonyl (C=O) groups excluding carboxylic acids is 1. The molecule has 3 heterocycles. The number of nitrogens with two attached hydrogens (primary N) is 1. The van der Waals surface area contributed by atoms with Crippen LogP contribution in [-0.2, 0) is 4.74 Å². The smallest absolute Gasteiger partial charge is 0.293 e. The predicted molar refractivity (Wildman–Crippen MR) is 70.8 cm³/mol. The van der Waals surface area contributed by atoms with Crippen LogP contribution in [0.1, 0.15) is 16.7 Å². The zero-order chi connectivity index (χ0) is 15.3. The van der Waals surface area contributed by atoms with Crippen LogP contribution < -0.4 is 20.9 Å². The molecule has 0 radical (unpaired) electrons. The Balaban J connectivity index is 2.02. The molecule has 21 heavy (non-hydrogen) atoms. The zero-order valence-electron chi connectivity index (χ0n) is 10.7. The van der Waals surface area contributed by atoms with Crippen molar-refractivity contribution in [3.63, 3.8) is 0 Å². The van der Waals surface area contributed by atoms with Crippen LogP contribution >= 0.6 is 15.9 Å². The summed E-state index contributed by atoms with van der Waals surface area (Å²) in [5.41, 5.74) is 5.86. The number of aromatic amines is 1. The molecule has 11 heteroatoms. The highest BCUT2D eigenvalue weighted by Crippen LogP contribution is 2.29. The van der Waals surface area contributed by atoms with Crippen molar-refractivity contribution in [2.24, 2.45) is 5.73 Å². The Bertz CT molecular complexity index is 580. The Labute approximate surface area is 127 Å². The number of amides is 1. The topological polar surface area (TPSA) is 157 Å². The van der Waals surface area contributed by atoms with Crippen LogP contribution in [0, 0.1) is 0 Å². The first-order chi connectivity index (χ1) is 9.93. The number of fused-ring (bicyclic) bond motifs is 1. The molecule has 10 nitrogen and oxygen atoms in total. The van der Waals surface area contributed by atoms with E-state index in [0.717, 1.165) is 0 Å². The summed E-state index contributed by atoms with van der Waals surface area (Å²) in [6.45, 7) is -0.438. The fraction of sp³-hybridized carbons (Fsp3) is 0.600. The maximum Gasteiger partial charge on any atom is 0.293 e. The molecule has 2 aliphatic rings. The van der Waals surface area contributed by atoms with Gasteiger partial charge in [0.2, 0.25) is 11.9 Å². The number of aliphatic hydroxyl groups excluding tert-OH is 3. The van der Waals surface area contributed by atoms with Crippen molar-refractivity contribution >= 4 is 27.7 Å². The summed E-state index contributed by atoms with van der Waals surface area (Å²) in [5, 5.41) is 34.4. The summed E-state index contributed by atoms with van der Waals surface area (Å²) in [6, 6.07) is 0. The molecule has 1 aromatic rings. The van der Waals surface area contributed by atoms with Gasteiger partial charge in [0.1, 0.15) is 18.3 Å². The number of halogens is 1. The van der Waals surface area contributed by atoms with Gasteiger partial charge in [0.15, 0.2) is 6.29 Å². The van der Waals surface area contributed by atoms with Crippen LogP contribution in [0.2, 0.25) is 0 Å². The van der Waals surface area contributed by atoms with Gasteiger partial charge in [0.25, 0.3) is 16.5 Å². The maximum atomic E-state index is 11.9. The van der Waals surface area contributed by atoms with Gasteiger partial charge in [-0.2, -0.15) is 4.57 Å². The molecule has 0 unspecified atom stereocenters. The lowest BCUT2D eigenvalue weighted by atomic mass is 10.1. The maximum absolute atomic E-state index is 11.9. The highest BCUT2D eigenvalue weighted by molar-refractivity contribution is 9.10. The second-order valence-corrected chi connectivity index (χ2v) is 5.58. The number of ether oxygens (including phenoxy) is 1. The lowest BCUT2D eigenvalue weighted by Gasteiger charge is -2.20. The van der Waals surface area contributed by atoms with Gasteiger partial charge in [0, 0.05) is 15.9 Å². The standard InChI is InChI=1S/C10H14BrN5O5/c11-9-13-3-6(14-10(12)15-7(3)20)16(9)8-5(19)4(18)2(1-17)21-8/h2,4-5,8,10,17-19H,1,12H2,(H2,14,15,20)/p+1/t2-,4-,5-,8+,10-/m0/s1. The van der Waals surface area contributed by atoms with E-state index in [1.165, 1.54) is 4.57 Å². The zero-order valence-corrected chi connectivity index (χ0v) is 12.2. The first-order valence-electron chi connectivity index (χ1n) is 6.22. The third kappa shape index (κ3) is 2.22. The van der Waals surface area contributed by atoms with E-state index in [2.05, 4.69) is 31.5 Å². The number of nitrogens with zero attached hydrogens (tertiary/aromatic N) is 1.